The molecule has 2 atom stereocenters. The molecule has 62 heavy (non-hydrogen) atoms. The molecule has 0 nitrogen and oxygen atoms in total. The Balaban J connectivity index is 1.22. The van der Waals surface area contributed by atoms with Crippen molar-refractivity contribution < 1.29 is 16.4 Å². The Bertz CT molecular complexity index is 3030. The fraction of sp³-hybridized carbons (Fsp3) is 0.103. The van der Waals surface area contributed by atoms with Crippen molar-refractivity contribution in [2.45, 2.75) is 34.9 Å². The standard InChI is InChI=1S/2C23H19.C12H9Si.2ClH.Zr/c2*1-16-14-19-12-13-21(18-9-4-3-5-10-18)23(22(19)15-16)20-11-7-6-8-17(20)2;1-3-7-11-9(5-1)10-6-2-4-8-12(10)13-11;;;/h2*3-15H,1-2H3;1-7H,13H2;2*1H;/q;;;;;+2/p-2. The maximum absolute atomic E-state index is 9.29. The predicted octanol–water partition coefficient (Wildman–Crippen LogP) is 14.0. The van der Waals surface area contributed by atoms with Gasteiger partial charge in [-0.2, -0.15) is 0 Å². The van der Waals surface area contributed by atoms with Crippen LogP contribution in [0.15, 0.2) is 187 Å². The summed E-state index contributed by atoms with van der Waals surface area (Å²) in [6.07, 6.45) is 4.90. The van der Waals surface area contributed by atoms with Gasteiger partial charge in [0.15, 0.2) is 0 Å². The van der Waals surface area contributed by atoms with E-state index < -0.39 is 25.9 Å². The number of rotatable bonds is 7. The molecule has 4 heteroatoms. The quantitative estimate of drug-likeness (QED) is 0.140. The van der Waals surface area contributed by atoms with Gasteiger partial charge in [-0.1, -0.05) is 0 Å². The van der Waals surface area contributed by atoms with E-state index in [0.29, 0.717) is 0 Å². The van der Waals surface area contributed by atoms with E-state index in [9.17, 15) is 17.0 Å². The van der Waals surface area contributed by atoms with Crippen LogP contribution in [0.3, 0.4) is 0 Å². The summed E-state index contributed by atoms with van der Waals surface area (Å²) in [7, 11) is 17.7. The zero-order valence-electron chi connectivity index (χ0n) is 35.5. The third-order valence-electron chi connectivity index (χ3n) is 14.3. The number of halogens is 2. The monoisotopic (exact) mass is 931 g/mol. The molecule has 301 valence electrons. The molecule has 0 spiro atoms. The Kier molecular flexibility index (Phi) is 9.64. The molecule has 2 aliphatic carbocycles. The zero-order valence-corrected chi connectivity index (χ0v) is 40.9. The van der Waals surface area contributed by atoms with E-state index in [1.165, 1.54) is 114 Å². The number of hydrogen-bond acceptors (Lipinski definition) is 0. The first kappa shape index (κ1) is 39.7. The average Bonchev–Trinajstić information content (AvgIpc) is 3.97. The molecule has 2 unspecified atom stereocenters. The van der Waals surface area contributed by atoms with Crippen LogP contribution in [0.5, 0.6) is 0 Å². The first-order chi connectivity index (χ1) is 30.1. The van der Waals surface area contributed by atoms with Crippen LogP contribution in [-0.4, -0.2) is 9.52 Å². The normalized spacial score (nSPS) is 17.1. The van der Waals surface area contributed by atoms with Gasteiger partial charge < -0.3 is 0 Å². The number of aryl methyl sites for hydroxylation is 2. The minimum atomic E-state index is -5.67. The third-order valence-corrected chi connectivity index (χ3v) is 37.5. The number of benzene rings is 8. The van der Waals surface area contributed by atoms with E-state index in [0.717, 1.165) is 0 Å². The van der Waals surface area contributed by atoms with E-state index in [1.807, 2.05) is 0 Å². The van der Waals surface area contributed by atoms with Crippen molar-refractivity contribution in [3.8, 4) is 55.6 Å². The molecule has 0 bridgehead atoms. The Labute approximate surface area is 376 Å². The Morgan fingerprint density at radius 3 is 1.34 bits per heavy atom. The second-order valence-corrected chi connectivity index (χ2v) is 40.2. The van der Waals surface area contributed by atoms with Crippen molar-refractivity contribution in [2.24, 2.45) is 0 Å². The van der Waals surface area contributed by atoms with Crippen molar-refractivity contribution in [2.75, 3.05) is 0 Å². The van der Waals surface area contributed by atoms with Gasteiger partial charge in [-0.15, -0.1) is 0 Å². The molecule has 1 heterocycles. The van der Waals surface area contributed by atoms with Crippen LogP contribution in [-0.2, 0) is 16.4 Å². The van der Waals surface area contributed by atoms with Crippen LogP contribution >= 0.6 is 17.0 Å². The van der Waals surface area contributed by atoms with Crippen LogP contribution in [0.4, 0.5) is 0 Å². The number of fused-ring (bicyclic) bond motifs is 5. The fourth-order valence-electron chi connectivity index (χ4n) is 11.7. The summed E-state index contributed by atoms with van der Waals surface area (Å²) in [4.78, 5) is 0. The number of hydrogen-bond donors (Lipinski definition) is 0. The maximum atomic E-state index is 9.29. The molecule has 11 rings (SSSR count). The van der Waals surface area contributed by atoms with Gasteiger partial charge in [0, 0.05) is 0 Å². The summed E-state index contributed by atoms with van der Waals surface area (Å²) in [6, 6.07) is 64.8. The predicted molar refractivity (Wildman–Crippen MR) is 268 cm³/mol. The van der Waals surface area contributed by atoms with Gasteiger partial charge in [0.2, 0.25) is 0 Å². The molecule has 3 aliphatic rings. The first-order valence-corrected chi connectivity index (χ1v) is 33.7. The molecular formula is C58H47Cl2SiZr. The van der Waals surface area contributed by atoms with Crippen LogP contribution in [0.1, 0.15) is 54.5 Å². The van der Waals surface area contributed by atoms with Gasteiger partial charge in [-0.25, -0.2) is 0 Å². The van der Waals surface area contributed by atoms with E-state index in [-0.39, 0.29) is 7.25 Å². The summed E-state index contributed by atoms with van der Waals surface area (Å²) >= 11 is -5.67. The molecule has 0 saturated carbocycles. The average molecular weight is 934 g/mol. The molecule has 8 aromatic rings. The summed E-state index contributed by atoms with van der Waals surface area (Å²) in [6.45, 7) is 9.09. The van der Waals surface area contributed by atoms with Crippen molar-refractivity contribution in [1.29, 1.82) is 0 Å². The van der Waals surface area contributed by atoms with Crippen molar-refractivity contribution >= 4 is 52.3 Å². The van der Waals surface area contributed by atoms with Crippen LogP contribution in [0.25, 0.3) is 67.8 Å². The molecule has 0 fully saturated rings. The zero-order chi connectivity index (χ0) is 42.4. The van der Waals surface area contributed by atoms with Gasteiger partial charge in [0.05, 0.1) is 0 Å². The van der Waals surface area contributed by atoms with Gasteiger partial charge in [-0.3, -0.25) is 0 Å². The summed E-state index contributed by atoms with van der Waals surface area (Å²) in [5, 5.41) is 2.91. The minimum absolute atomic E-state index is 0.165. The molecule has 0 saturated heterocycles. The van der Waals surface area contributed by atoms with Crippen LogP contribution in [0.2, 0.25) is 0 Å². The van der Waals surface area contributed by atoms with E-state index in [1.54, 1.807) is 0 Å². The first-order valence-electron chi connectivity index (χ1n) is 21.8. The molecular weight excluding hydrogens is 887 g/mol. The van der Waals surface area contributed by atoms with Gasteiger partial charge in [-0.05, 0) is 0 Å². The van der Waals surface area contributed by atoms with Gasteiger partial charge >= 0.3 is 380 Å². The fourth-order valence-corrected chi connectivity index (χ4v) is 40.5. The number of allylic oxidation sites excluding steroid dienone is 2. The van der Waals surface area contributed by atoms with E-state index in [4.69, 9.17) is 0 Å². The van der Waals surface area contributed by atoms with Gasteiger partial charge in [0.1, 0.15) is 0 Å². The molecule has 1 aliphatic heterocycles. The Morgan fingerprint density at radius 1 is 0.403 bits per heavy atom. The topological polar surface area (TPSA) is 0 Å². The van der Waals surface area contributed by atoms with Gasteiger partial charge in [0.25, 0.3) is 0 Å². The molecule has 8 aromatic carbocycles. The van der Waals surface area contributed by atoms with Crippen molar-refractivity contribution in [3.63, 3.8) is 0 Å². The van der Waals surface area contributed by atoms with Crippen LogP contribution in [0, 0.1) is 13.8 Å². The summed E-state index contributed by atoms with van der Waals surface area (Å²) in [5.41, 5.74) is 22.6. The molecule has 0 radical (unpaired) electrons. The molecule has 0 amide bonds. The van der Waals surface area contributed by atoms with Crippen molar-refractivity contribution in [3.05, 3.63) is 220 Å². The van der Waals surface area contributed by atoms with Crippen molar-refractivity contribution in [1.82, 2.24) is 0 Å². The Morgan fingerprint density at radius 2 is 0.839 bits per heavy atom. The second kappa shape index (κ2) is 15.0. The third kappa shape index (κ3) is 5.94. The SMILES string of the molecule is CC1=Cc2c(ccc(-c3ccccc3)c2-c2ccccc2C)[CH]1[Zr]([Cl])([Cl])([c]1cccc2c1[SiH2]c1ccccc1-2)[CH]1C(C)=Cc2c1ccc(-c1ccccc1)c2-c1ccccc1C. The summed E-state index contributed by atoms with van der Waals surface area (Å²) in [5.74, 6) is 0. The summed E-state index contributed by atoms with van der Waals surface area (Å²) < 4.78 is 0.920. The Hall–Kier alpha value is -5.08. The second-order valence-electron chi connectivity index (χ2n) is 17.8. The molecule has 0 N–H and O–H groups in total. The van der Waals surface area contributed by atoms with E-state index >= 15 is 0 Å². The van der Waals surface area contributed by atoms with E-state index in [2.05, 4.69) is 216 Å². The molecule has 0 aromatic heterocycles. The van der Waals surface area contributed by atoms with Crippen LogP contribution < -0.4 is 13.6 Å².